The molecular formula is C20H30O3. The smallest absolute Gasteiger partial charge is 0.311 e. The molecule has 0 N–H and O–H groups in total. The Morgan fingerprint density at radius 1 is 1.09 bits per heavy atom. The molecule has 0 aromatic carbocycles. The number of rotatable bonds is 4. The lowest BCUT2D eigenvalue weighted by Gasteiger charge is -2.39. The quantitative estimate of drug-likeness (QED) is 0.259. The predicted octanol–water partition coefficient (Wildman–Crippen LogP) is 3.89. The van der Waals surface area contributed by atoms with Crippen molar-refractivity contribution in [1.29, 1.82) is 0 Å². The normalized spacial score (nSPS) is 46.4. The first-order chi connectivity index (χ1) is 10.9. The summed E-state index contributed by atoms with van der Waals surface area (Å²) in [4.78, 5) is 12.6. The van der Waals surface area contributed by atoms with E-state index < -0.39 is 0 Å². The molecule has 0 aromatic heterocycles. The number of fused-ring (bicyclic) bond motifs is 9. The minimum atomic E-state index is -0.0101. The molecule has 0 heterocycles. The van der Waals surface area contributed by atoms with Crippen molar-refractivity contribution in [2.24, 2.45) is 52.8 Å². The van der Waals surface area contributed by atoms with Gasteiger partial charge in [-0.1, -0.05) is 39.8 Å². The van der Waals surface area contributed by atoms with Crippen LogP contribution in [0, 0.1) is 52.8 Å². The van der Waals surface area contributed by atoms with Crippen LogP contribution in [0.3, 0.4) is 0 Å². The summed E-state index contributed by atoms with van der Waals surface area (Å²) >= 11 is 0. The zero-order valence-corrected chi connectivity index (χ0v) is 14.8. The molecule has 0 radical (unpaired) electrons. The topological polar surface area (TPSA) is 35.5 Å². The van der Waals surface area contributed by atoms with Gasteiger partial charge in [-0.25, -0.2) is 0 Å². The zero-order chi connectivity index (χ0) is 16.4. The SMILES string of the molecule is CC1C2CC(C1C(=O)OCOCC(C)(C)C)C1C3C=CC(C3)C21. The summed E-state index contributed by atoms with van der Waals surface area (Å²) < 4.78 is 11.0. The van der Waals surface area contributed by atoms with Crippen LogP contribution in [0.25, 0.3) is 0 Å². The maximum atomic E-state index is 12.6. The van der Waals surface area contributed by atoms with Crippen LogP contribution >= 0.6 is 0 Å². The van der Waals surface area contributed by atoms with Crippen LogP contribution in [0.2, 0.25) is 0 Å². The lowest BCUT2D eigenvalue weighted by molar-refractivity contribution is -0.168. The van der Waals surface area contributed by atoms with E-state index in [0.717, 1.165) is 29.6 Å². The van der Waals surface area contributed by atoms with Gasteiger partial charge in [-0.3, -0.25) is 4.79 Å². The standard InChI is InChI=1S/C20H30O3/c1-11-14-8-15(18-13-6-5-12(7-13)17(14)18)16(11)19(21)23-10-22-9-20(2,3)4/h5-6,11-18H,7-10H2,1-4H3. The summed E-state index contributed by atoms with van der Waals surface area (Å²) in [6, 6.07) is 0. The third kappa shape index (κ3) is 2.47. The molecule has 4 aliphatic rings. The summed E-state index contributed by atoms with van der Waals surface area (Å²) in [6.45, 7) is 9.36. The molecule has 3 saturated carbocycles. The van der Waals surface area contributed by atoms with Crippen molar-refractivity contribution >= 4 is 5.97 Å². The minimum Gasteiger partial charge on any atom is -0.438 e. The fourth-order valence-corrected chi connectivity index (χ4v) is 6.27. The van der Waals surface area contributed by atoms with Crippen LogP contribution in [-0.4, -0.2) is 19.4 Å². The van der Waals surface area contributed by atoms with Gasteiger partial charge in [-0.15, -0.1) is 0 Å². The van der Waals surface area contributed by atoms with Crippen molar-refractivity contribution in [2.75, 3.05) is 13.4 Å². The molecule has 4 bridgehead atoms. The molecular weight excluding hydrogens is 288 g/mol. The number of allylic oxidation sites excluding steroid dienone is 2. The van der Waals surface area contributed by atoms with Crippen molar-refractivity contribution in [3.8, 4) is 0 Å². The van der Waals surface area contributed by atoms with E-state index in [9.17, 15) is 4.79 Å². The van der Waals surface area contributed by atoms with E-state index in [4.69, 9.17) is 9.47 Å². The highest BCUT2D eigenvalue weighted by Crippen LogP contribution is 2.68. The average molecular weight is 318 g/mol. The molecule has 4 aliphatic carbocycles. The van der Waals surface area contributed by atoms with Crippen molar-refractivity contribution in [3.63, 3.8) is 0 Å². The zero-order valence-electron chi connectivity index (χ0n) is 14.8. The Morgan fingerprint density at radius 2 is 1.74 bits per heavy atom. The first-order valence-corrected chi connectivity index (χ1v) is 9.29. The lowest BCUT2D eigenvalue weighted by atomic mass is 9.65. The van der Waals surface area contributed by atoms with E-state index in [-0.39, 0.29) is 24.1 Å². The van der Waals surface area contributed by atoms with Gasteiger partial charge < -0.3 is 9.47 Å². The minimum absolute atomic E-state index is 0.0101. The second-order valence-corrected chi connectivity index (χ2v) is 9.54. The van der Waals surface area contributed by atoms with Crippen LogP contribution < -0.4 is 0 Å². The van der Waals surface area contributed by atoms with E-state index in [0.29, 0.717) is 18.4 Å². The van der Waals surface area contributed by atoms with E-state index >= 15 is 0 Å². The Bertz CT molecular complexity index is 517. The van der Waals surface area contributed by atoms with Gasteiger partial charge >= 0.3 is 5.97 Å². The molecule has 3 fully saturated rings. The molecule has 8 atom stereocenters. The summed E-state index contributed by atoms with van der Waals surface area (Å²) in [5, 5.41) is 0. The Labute approximate surface area is 139 Å². The van der Waals surface area contributed by atoms with Crippen molar-refractivity contribution < 1.29 is 14.3 Å². The molecule has 0 aromatic rings. The summed E-state index contributed by atoms with van der Waals surface area (Å²) in [7, 11) is 0. The molecule has 0 spiro atoms. The number of hydrogen-bond acceptors (Lipinski definition) is 3. The summed E-state index contributed by atoms with van der Waals surface area (Å²) in [6.07, 6.45) is 7.46. The lowest BCUT2D eigenvalue weighted by Crippen LogP contribution is -2.40. The van der Waals surface area contributed by atoms with Gasteiger partial charge in [0.05, 0.1) is 12.5 Å². The third-order valence-electron chi connectivity index (χ3n) is 6.91. The number of carbonyl (C=O) groups excluding carboxylic acids is 1. The Morgan fingerprint density at radius 3 is 2.39 bits per heavy atom. The molecule has 4 rings (SSSR count). The number of hydrogen-bond donors (Lipinski definition) is 0. The predicted molar refractivity (Wildman–Crippen MR) is 88.3 cm³/mol. The van der Waals surface area contributed by atoms with Crippen LogP contribution in [0.5, 0.6) is 0 Å². The van der Waals surface area contributed by atoms with Crippen molar-refractivity contribution in [1.82, 2.24) is 0 Å². The van der Waals surface area contributed by atoms with Gasteiger partial charge in [0.1, 0.15) is 0 Å². The number of esters is 1. The number of ether oxygens (including phenoxy) is 2. The highest BCUT2D eigenvalue weighted by atomic mass is 16.7. The highest BCUT2D eigenvalue weighted by Gasteiger charge is 2.65. The molecule has 0 amide bonds. The van der Waals surface area contributed by atoms with Gasteiger partial charge in [0, 0.05) is 0 Å². The van der Waals surface area contributed by atoms with E-state index in [2.05, 4.69) is 39.8 Å². The largest absolute Gasteiger partial charge is 0.438 e. The van der Waals surface area contributed by atoms with Gasteiger partial charge in [-0.2, -0.15) is 0 Å². The Hall–Kier alpha value is -0.830. The van der Waals surface area contributed by atoms with Crippen molar-refractivity contribution in [3.05, 3.63) is 12.2 Å². The van der Waals surface area contributed by atoms with Gasteiger partial charge in [0.2, 0.25) is 0 Å². The third-order valence-corrected chi connectivity index (χ3v) is 6.91. The summed E-state index contributed by atoms with van der Waals surface area (Å²) in [5.41, 5.74) is 0.106. The Kier molecular flexibility index (Phi) is 3.64. The Balaban J connectivity index is 1.37. The molecule has 23 heavy (non-hydrogen) atoms. The maximum Gasteiger partial charge on any atom is 0.311 e. The molecule has 0 saturated heterocycles. The fourth-order valence-electron chi connectivity index (χ4n) is 6.27. The monoisotopic (exact) mass is 318 g/mol. The summed E-state index contributed by atoms with van der Waals surface area (Å²) in [5.74, 6) is 4.99. The van der Waals surface area contributed by atoms with E-state index in [1.165, 1.54) is 12.8 Å². The molecule has 8 unspecified atom stereocenters. The fraction of sp³-hybridized carbons (Fsp3) is 0.850. The van der Waals surface area contributed by atoms with E-state index in [1.54, 1.807) is 0 Å². The van der Waals surface area contributed by atoms with Crippen molar-refractivity contribution in [2.45, 2.75) is 40.5 Å². The first kappa shape index (κ1) is 15.7. The molecule has 3 nitrogen and oxygen atoms in total. The van der Waals surface area contributed by atoms with Crippen LogP contribution in [0.1, 0.15) is 40.5 Å². The second-order valence-electron chi connectivity index (χ2n) is 9.54. The van der Waals surface area contributed by atoms with E-state index in [1.807, 2.05) is 0 Å². The first-order valence-electron chi connectivity index (χ1n) is 9.29. The molecule has 3 heteroatoms. The van der Waals surface area contributed by atoms with Gasteiger partial charge in [0.15, 0.2) is 6.79 Å². The number of carbonyl (C=O) groups is 1. The van der Waals surface area contributed by atoms with Crippen LogP contribution in [0.4, 0.5) is 0 Å². The van der Waals surface area contributed by atoms with Crippen LogP contribution in [0.15, 0.2) is 12.2 Å². The second kappa shape index (κ2) is 5.34. The molecule has 128 valence electrons. The maximum absolute atomic E-state index is 12.6. The highest BCUT2D eigenvalue weighted by molar-refractivity contribution is 5.74. The van der Waals surface area contributed by atoms with Crippen LogP contribution in [-0.2, 0) is 14.3 Å². The van der Waals surface area contributed by atoms with Gasteiger partial charge in [-0.05, 0) is 59.7 Å². The molecule has 0 aliphatic heterocycles. The average Bonchev–Trinajstić information content (AvgIpc) is 3.19. The van der Waals surface area contributed by atoms with Gasteiger partial charge in [0.25, 0.3) is 0 Å².